The number of fused-ring (bicyclic) bond motifs is 3. The fourth-order valence-electron chi connectivity index (χ4n) is 3.52. The van der Waals surface area contributed by atoms with E-state index in [0.29, 0.717) is 11.6 Å². The third-order valence-corrected chi connectivity index (χ3v) is 6.10. The van der Waals surface area contributed by atoms with Crippen molar-refractivity contribution in [1.82, 2.24) is 9.55 Å². The average Bonchev–Trinajstić information content (AvgIpc) is 3.24. The first-order valence-electron chi connectivity index (χ1n) is 9.03. The maximum atomic E-state index is 13.0. The minimum atomic E-state index is -0.811. The van der Waals surface area contributed by atoms with Crippen molar-refractivity contribution >= 4 is 21.6 Å². The van der Waals surface area contributed by atoms with Crippen molar-refractivity contribution in [1.29, 1.82) is 0 Å². The van der Waals surface area contributed by atoms with Gasteiger partial charge in [0.1, 0.15) is 34.9 Å². The van der Waals surface area contributed by atoms with E-state index < -0.39 is 6.10 Å². The molecule has 1 N–H and O–H groups in total. The molecule has 0 fully saturated rings. The fraction of sp³-hybridized carbons (Fsp3) is 0.400. The first-order chi connectivity index (χ1) is 13.1. The highest BCUT2D eigenvalue weighted by Crippen LogP contribution is 2.34. The number of aliphatic hydroxyl groups excluding tert-OH is 1. The molecule has 1 aliphatic rings. The largest absolute Gasteiger partial charge is 0.497 e. The number of aromatic nitrogens is 2. The topological polar surface area (TPSA) is 73.6 Å². The predicted molar refractivity (Wildman–Crippen MR) is 105 cm³/mol. The summed E-state index contributed by atoms with van der Waals surface area (Å²) >= 11 is 1.63. The van der Waals surface area contributed by atoms with Crippen LogP contribution < -0.4 is 15.0 Å². The lowest BCUT2D eigenvalue weighted by atomic mass is 10.2. The van der Waals surface area contributed by atoms with Gasteiger partial charge in [0.05, 0.1) is 19.0 Å². The van der Waals surface area contributed by atoms with Gasteiger partial charge in [0.25, 0.3) is 5.56 Å². The zero-order valence-electron chi connectivity index (χ0n) is 15.4. The van der Waals surface area contributed by atoms with Crippen LogP contribution in [-0.2, 0) is 19.4 Å². The molecule has 6 nitrogen and oxygen atoms in total. The van der Waals surface area contributed by atoms with Crippen molar-refractivity contribution < 1.29 is 14.6 Å². The molecule has 7 heteroatoms. The Kier molecular flexibility index (Phi) is 4.88. The Balaban J connectivity index is 1.51. The molecule has 142 valence electrons. The summed E-state index contributed by atoms with van der Waals surface area (Å²) in [6, 6.07) is 7.16. The zero-order chi connectivity index (χ0) is 19.0. The van der Waals surface area contributed by atoms with Gasteiger partial charge in [-0.1, -0.05) is 0 Å². The number of thiophene rings is 1. The van der Waals surface area contributed by atoms with Crippen LogP contribution in [0.2, 0.25) is 0 Å². The van der Waals surface area contributed by atoms with Crippen molar-refractivity contribution in [2.75, 3.05) is 13.7 Å². The van der Waals surface area contributed by atoms with E-state index >= 15 is 0 Å². The second kappa shape index (κ2) is 7.32. The predicted octanol–water partition coefficient (Wildman–Crippen LogP) is 2.70. The number of nitrogens with zero attached hydrogens (tertiary/aromatic N) is 2. The first kappa shape index (κ1) is 18.0. The minimum absolute atomic E-state index is 0.0552. The molecule has 0 saturated heterocycles. The summed E-state index contributed by atoms with van der Waals surface area (Å²) in [5.41, 5.74) is 1.10. The van der Waals surface area contributed by atoms with E-state index in [1.165, 1.54) is 4.88 Å². The summed E-state index contributed by atoms with van der Waals surface area (Å²) in [6.45, 7) is 2.06. The van der Waals surface area contributed by atoms with Gasteiger partial charge in [0.2, 0.25) is 0 Å². The molecular weight excluding hydrogens is 364 g/mol. The molecule has 0 amide bonds. The van der Waals surface area contributed by atoms with Crippen LogP contribution >= 0.6 is 11.3 Å². The second-order valence-corrected chi connectivity index (χ2v) is 7.84. The van der Waals surface area contributed by atoms with E-state index in [4.69, 9.17) is 9.47 Å². The molecule has 2 heterocycles. The van der Waals surface area contributed by atoms with Gasteiger partial charge in [0.15, 0.2) is 0 Å². The van der Waals surface area contributed by atoms with E-state index in [9.17, 15) is 9.90 Å². The summed E-state index contributed by atoms with van der Waals surface area (Å²) in [5, 5.41) is 11.1. The molecule has 4 rings (SSSR count). The van der Waals surface area contributed by atoms with Gasteiger partial charge in [-0.2, -0.15) is 0 Å². The van der Waals surface area contributed by atoms with Crippen LogP contribution in [0, 0.1) is 6.92 Å². The Morgan fingerprint density at radius 2 is 2.00 bits per heavy atom. The molecule has 1 aromatic carbocycles. The molecule has 0 spiro atoms. The summed E-state index contributed by atoms with van der Waals surface area (Å²) in [4.78, 5) is 19.7. The van der Waals surface area contributed by atoms with Crippen molar-refractivity contribution in [2.24, 2.45) is 0 Å². The van der Waals surface area contributed by atoms with E-state index in [-0.39, 0.29) is 18.7 Å². The van der Waals surface area contributed by atoms with Crippen LogP contribution in [0.5, 0.6) is 11.5 Å². The lowest BCUT2D eigenvalue weighted by Gasteiger charge is -2.16. The van der Waals surface area contributed by atoms with Crippen LogP contribution in [-0.4, -0.2) is 34.5 Å². The van der Waals surface area contributed by atoms with E-state index in [0.717, 1.165) is 40.8 Å². The number of methoxy groups -OCH3 is 1. The Labute approximate surface area is 161 Å². The van der Waals surface area contributed by atoms with Crippen molar-refractivity contribution in [3.8, 4) is 11.5 Å². The smallest absolute Gasteiger partial charge is 0.262 e. The molecule has 1 atom stereocenters. The number of ether oxygens (including phenoxy) is 2. The van der Waals surface area contributed by atoms with Crippen LogP contribution in [0.1, 0.15) is 22.7 Å². The summed E-state index contributed by atoms with van der Waals surface area (Å²) in [5.74, 6) is 2.01. The highest BCUT2D eigenvalue weighted by Gasteiger charge is 2.23. The lowest BCUT2D eigenvalue weighted by Crippen LogP contribution is -2.32. The van der Waals surface area contributed by atoms with E-state index in [2.05, 4.69) is 4.98 Å². The summed E-state index contributed by atoms with van der Waals surface area (Å²) in [6.07, 6.45) is 2.27. The van der Waals surface area contributed by atoms with Gasteiger partial charge in [0, 0.05) is 4.88 Å². The number of aliphatic hydroxyl groups is 1. The monoisotopic (exact) mass is 386 g/mol. The van der Waals surface area contributed by atoms with Gasteiger partial charge >= 0.3 is 0 Å². The Morgan fingerprint density at radius 3 is 2.74 bits per heavy atom. The molecule has 3 aromatic rings. The van der Waals surface area contributed by atoms with Gasteiger partial charge in [-0.05, 0) is 56.0 Å². The van der Waals surface area contributed by atoms with Gasteiger partial charge in [-0.25, -0.2) is 4.98 Å². The molecular formula is C20H22N2O4S. The maximum absolute atomic E-state index is 13.0. The number of hydrogen-bond donors (Lipinski definition) is 1. The number of aryl methyl sites for hydroxylation is 3. The molecule has 0 bridgehead atoms. The Bertz CT molecular complexity index is 1020. The van der Waals surface area contributed by atoms with Gasteiger partial charge < -0.3 is 14.6 Å². The molecule has 1 aliphatic carbocycles. The molecule has 27 heavy (non-hydrogen) atoms. The van der Waals surface area contributed by atoms with Crippen LogP contribution in [0.25, 0.3) is 10.2 Å². The first-order valence-corrected chi connectivity index (χ1v) is 9.85. The molecule has 0 saturated carbocycles. The van der Waals surface area contributed by atoms with Crippen LogP contribution in [0.15, 0.2) is 29.1 Å². The molecule has 2 aromatic heterocycles. The Morgan fingerprint density at radius 1 is 1.26 bits per heavy atom. The second-order valence-electron chi connectivity index (χ2n) is 6.75. The van der Waals surface area contributed by atoms with Crippen LogP contribution in [0.3, 0.4) is 0 Å². The highest BCUT2D eigenvalue weighted by molar-refractivity contribution is 7.18. The molecule has 0 aliphatic heterocycles. The van der Waals surface area contributed by atoms with Crippen LogP contribution in [0.4, 0.5) is 0 Å². The maximum Gasteiger partial charge on any atom is 0.262 e. The zero-order valence-corrected chi connectivity index (χ0v) is 16.2. The SMILES string of the molecule is COc1ccc(OCC(O)Cn2c(C)nc3sc4c(c3c2=O)CCC4)cc1. The minimum Gasteiger partial charge on any atom is -0.497 e. The van der Waals surface area contributed by atoms with E-state index in [1.54, 1.807) is 47.3 Å². The third kappa shape index (κ3) is 3.44. The van der Waals surface area contributed by atoms with E-state index in [1.807, 2.05) is 6.92 Å². The van der Waals surface area contributed by atoms with Gasteiger partial charge in [-0.3, -0.25) is 9.36 Å². The third-order valence-electron chi connectivity index (χ3n) is 4.91. The molecule has 0 radical (unpaired) electrons. The van der Waals surface area contributed by atoms with Gasteiger partial charge in [-0.15, -0.1) is 11.3 Å². The summed E-state index contributed by atoms with van der Waals surface area (Å²) in [7, 11) is 1.60. The van der Waals surface area contributed by atoms with Crippen molar-refractivity contribution in [3.05, 3.63) is 50.9 Å². The van der Waals surface area contributed by atoms with Crippen molar-refractivity contribution in [3.63, 3.8) is 0 Å². The highest BCUT2D eigenvalue weighted by atomic mass is 32.1. The summed E-state index contributed by atoms with van der Waals surface area (Å²) < 4.78 is 12.3. The standard InChI is InChI=1S/C20H22N2O4S/c1-12-21-19-18(16-4-3-5-17(16)27-19)20(24)22(12)10-13(23)11-26-15-8-6-14(25-2)7-9-15/h6-9,13,23H,3-5,10-11H2,1-2H3. The quantitative estimate of drug-likeness (QED) is 0.705. The Hall–Kier alpha value is -2.38. The molecule has 1 unspecified atom stereocenters. The number of rotatable bonds is 6. The number of hydrogen-bond acceptors (Lipinski definition) is 6. The lowest BCUT2D eigenvalue weighted by molar-refractivity contribution is 0.0909. The fourth-order valence-corrected chi connectivity index (χ4v) is 4.82. The average molecular weight is 386 g/mol. The normalized spacial score (nSPS) is 14.3. The van der Waals surface area contributed by atoms with Crippen molar-refractivity contribution in [2.45, 2.75) is 38.8 Å². The number of benzene rings is 1.